The Morgan fingerprint density at radius 2 is 1.87 bits per heavy atom. The molecule has 23 heavy (non-hydrogen) atoms. The predicted molar refractivity (Wildman–Crippen MR) is 85.5 cm³/mol. The first-order chi connectivity index (χ1) is 11.1. The SMILES string of the molecule is CC(=O)Nc1ccc(OC(=O)C2COc3ccccc3C2)cc1. The molecule has 5 heteroatoms. The Morgan fingerprint density at radius 3 is 2.61 bits per heavy atom. The number of ether oxygens (including phenoxy) is 2. The topological polar surface area (TPSA) is 64.6 Å². The highest BCUT2D eigenvalue weighted by molar-refractivity contribution is 5.88. The van der Waals surface area contributed by atoms with Crippen molar-refractivity contribution in [2.45, 2.75) is 13.3 Å². The fourth-order valence-corrected chi connectivity index (χ4v) is 2.49. The quantitative estimate of drug-likeness (QED) is 0.699. The van der Waals surface area contributed by atoms with Crippen LogP contribution >= 0.6 is 0 Å². The summed E-state index contributed by atoms with van der Waals surface area (Å²) in [7, 11) is 0. The van der Waals surface area contributed by atoms with Gasteiger partial charge in [0, 0.05) is 12.6 Å². The second kappa shape index (κ2) is 6.52. The number of anilines is 1. The number of rotatable bonds is 3. The van der Waals surface area contributed by atoms with Crippen molar-refractivity contribution >= 4 is 17.6 Å². The molecule has 3 rings (SSSR count). The monoisotopic (exact) mass is 311 g/mol. The van der Waals surface area contributed by atoms with Gasteiger partial charge in [-0.1, -0.05) is 18.2 Å². The maximum absolute atomic E-state index is 12.3. The van der Waals surface area contributed by atoms with Crippen LogP contribution in [0, 0.1) is 5.92 Å². The Hall–Kier alpha value is -2.82. The van der Waals surface area contributed by atoms with Crippen molar-refractivity contribution in [2.24, 2.45) is 5.92 Å². The highest BCUT2D eigenvalue weighted by atomic mass is 16.5. The highest BCUT2D eigenvalue weighted by Crippen LogP contribution is 2.28. The van der Waals surface area contributed by atoms with Crippen LogP contribution in [0.4, 0.5) is 5.69 Å². The van der Waals surface area contributed by atoms with Gasteiger partial charge in [-0.05, 0) is 42.3 Å². The lowest BCUT2D eigenvalue weighted by molar-refractivity contribution is -0.140. The van der Waals surface area contributed by atoms with Crippen molar-refractivity contribution in [1.29, 1.82) is 0 Å². The number of carbonyl (C=O) groups is 2. The van der Waals surface area contributed by atoms with Crippen LogP contribution < -0.4 is 14.8 Å². The van der Waals surface area contributed by atoms with Gasteiger partial charge < -0.3 is 14.8 Å². The lowest BCUT2D eigenvalue weighted by Crippen LogP contribution is -2.31. The molecule has 5 nitrogen and oxygen atoms in total. The maximum Gasteiger partial charge on any atom is 0.318 e. The number of para-hydroxylation sites is 1. The summed E-state index contributed by atoms with van der Waals surface area (Å²) in [6.07, 6.45) is 0.610. The molecule has 1 aliphatic rings. The number of benzene rings is 2. The molecule has 1 unspecified atom stereocenters. The van der Waals surface area contributed by atoms with Crippen LogP contribution in [-0.4, -0.2) is 18.5 Å². The van der Waals surface area contributed by atoms with Crippen LogP contribution in [0.25, 0.3) is 0 Å². The van der Waals surface area contributed by atoms with Gasteiger partial charge in [-0.2, -0.15) is 0 Å². The normalized spacial score (nSPS) is 16.0. The van der Waals surface area contributed by atoms with Crippen LogP contribution in [-0.2, 0) is 16.0 Å². The first kappa shape index (κ1) is 15.1. The molecular weight excluding hydrogens is 294 g/mol. The molecule has 1 atom stereocenters. The summed E-state index contributed by atoms with van der Waals surface area (Å²) >= 11 is 0. The molecule has 1 N–H and O–H groups in total. The molecule has 2 aromatic rings. The van der Waals surface area contributed by atoms with E-state index in [9.17, 15) is 9.59 Å². The summed E-state index contributed by atoms with van der Waals surface area (Å²) in [6, 6.07) is 14.4. The minimum Gasteiger partial charge on any atom is -0.492 e. The third-order valence-corrected chi connectivity index (χ3v) is 3.61. The van der Waals surface area contributed by atoms with Crippen molar-refractivity contribution in [3.63, 3.8) is 0 Å². The Kier molecular flexibility index (Phi) is 4.28. The van der Waals surface area contributed by atoms with Gasteiger partial charge in [-0.25, -0.2) is 0 Å². The first-order valence-corrected chi connectivity index (χ1v) is 7.42. The number of amides is 1. The fourth-order valence-electron chi connectivity index (χ4n) is 2.49. The minimum absolute atomic E-state index is 0.146. The highest BCUT2D eigenvalue weighted by Gasteiger charge is 2.27. The average molecular weight is 311 g/mol. The molecule has 0 saturated carbocycles. The van der Waals surface area contributed by atoms with Gasteiger partial charge >= 0.3 is 5.97 Å². The maximum atomic E-state index is 12.3. The average Bonchev–Trinajstić information content (AvgIpc) is 2.55. The number of esters is 1. The van der Waals surface area contributed by atoms with Crippen molar-refractivity contribution in [3.8, 4) is 11.5 Å². The molecule has 0 saturated heterocycles. The van der Waals surface area contributed by atoms with E-state index in [1.807, 2.05) is 24.3 Å². The number of hydrogen-bond donors (Lipinski definition) is 1. The molecule has 1 heterocycles. The van der Waals surface area contributed by atoms with E-state index in [0.29, 0.717) is 24.5 Å². The zero-order chi connectivity index (χ0) is 16.2. The van der Waals surface area contributed by atoms with Gasteiger partial charge in [0.2, 0.25) is 5.91 Å². The minimum atomic E-state index is -0.320. The first-order valence-electron chi connectivity index (χ1n) is 7.42. The summed E-state index contributed by atoms with van der Waals surface area (Å²) in [5.74, 6) is 0.499. The van der Waals surface area contributed by atoms with Gasteiger partial charge in [-0.15, -0.1) is 0 Å². The number of fused-ring (bicyclic) bond motifs is 1. The van der Waals surface area contributed by atoms with E-state index in [1.165, 1.54) is 6.92 Å². The predicted octanol–water partition coefficient (Wildman–Crippen LogP) is 2.80. The van der Waals surface area contributed by atoms with Crippen LogP contribution in [0.15, 0.2) is 48.5 Å². The third-order valence-electron chi connectivity index (χ3n) is 3.61. The van der Waals surface area contributed by atoms with Gasteiger partial charge in [0.05, 0.1) is 5.92 Å². The zero-order valence-corrected chi connectivity index (χ0v) is 12.7. The molecule has 2 aromatic carbocycles. The second-order valence-electron chi connectivity index (χ2n) is 5.45. The molecule has 0 aliphatic carbocycles. The summed E-state index contributed by atoms with van der Waals surface area (Å²) in [6.45, 7) is 1.76. The van der Waals surface area contributed by atoms with Crippen LogP contribution in [0.1, 0.15) is 12.5 Å². The van der Waals surface area contributed by atoms with E-state index < -0.39 is 0 Å². The van der Waals surface area contributed by atoms with Crippen molar-refractivity contribution in [1.82, 2.24) is 0 Å². The van der Waals surface area contributed by atoms with Crippen molar-refractivity contribution in [2.75, 3.05) is 11.9 Å². The van der Waals surface area contributed by atoms with E-state index in [2.05, 4.69) is 5.32 Å². The summed E-state index contributed by atoms with van der Waals surface area (Å²) in [5, 5.41) is 2.66. The van der Waals surface area contributed by atoms with Crippen molar-refractivity contribution < 1.29 is 19.1 Å². The fraction of sp³-hybridized carbons (Fsp3) is 0.222. The van der Waals surface area contributed by atoms with E-state index in [0.717, 1.165) is 11.3 Å². The molecule has 0 spiro atoms. The van der Waals surface area contributed by atoms with Crippen LogP contribution in [0.3, 0.4) is 0 Å². The number of nitrogens with one attached hydrogen (secondary N) is 1. The summed E-state index contributed by atoms with van der Waals surface area (Å²) in [4.78, 5) is 23.2. The molecule has 0 fully saturated rings. The second-order valence-corrected chi connectivity index (χ2v) is 5.45. The van der Waals surface area contributed by atoms with Gasteiger partial charge in [0.25, 0.3) is 0 Å². The van der Waals surface area contributed by atoms with Crippen LogP contribution in [0.5, 0.6) is 11.5 Å². The van der Waals surface area contributed by atoms with Crippen LogP contribution in [0.2, 0.25) is 0 Å². The molecule has 0 radical (unpaired) electrons. The Labute approximate surface area is 134 Å². The zero-order valence-electron chi connectivity index (χ0n) is 12.7. The third kappa shape index (κ3) is 3.69. The van der Waals surface area contributed by atoms with E-state index in [4.69, 9.17) is 9.47 Å². The lowest BCUT2D eigenvalue weighted by Gasteiger charge is -2.23. The molecule has 0 aromatic heterocycles. The molecule has 1 amide bonds. The summed E-state index contributed by atoms with van der Waals surface area (Å²) < 4.78 is 11.0. The van der Waals surface area contributed by atoms with Gasteiger partial charge in [-0.3, -0.25) is 9.59 Å². The van der Waals surface area contributed by atoms with E-state index in [-0.39, 0.29) is 17.8 Å². The van der Waals surface area contributed by atoms with E-state index in [1.54, 1.807) is 24.3 Å². The molecular formula is C18H17NO4. The Morgan fingerprint density at radius 1 is 1.13 bits per heavy atom. The summed E-state index contributed by atoms with van der Waals surface area (Å²) in [5.41, 5.74) is 1.67. The van der Waals surface area contributed by atoms with Gasteiger partial charge in [0.1, 0.15) is 18.1 Å². The Balaban J connectivity index is 1.62. The standard InChI is InChI=1S/C18H17NO4/c1-12(20)19-15-6-8-16(9-7-15)23-18(21)14-10-13-4-2-3-5-17(13)22-11-14/h2-9,14H,10-11H2,1H3,(H,19,20). The molecule has 1 aliphatic heterocycles. The Bertz CT molecular complexity index is 724. The smallest absolute Gasteiger partial charge is 0.318 e. The van der Waals surface area contributed by atoms with Gasteiger partial charge in [0.15, 0.2) is 0 Å². The number of carbonyl (C=O) groups excluding carboxylic acids is 2. The molecule has 118 valence electrons. The lowest BCUT2D eigenvalue weighted by atomic mass is 9.97. The largest absolute Gasteiger partial charge is 0.492 e. The number of hydrogen-bond acceptors (Lipinski definition) is 4. The molecule has 0 bridgehead atoms. The van der Waals surface area contributed by atoms with Crippen molar-refractivity contribution in [3.05, 3.63) is 54.1 Å². The van der Waals surface area contributed by atoms with E-state index >= 15 is 0 Å².